The molecule has 3 rings (SSSR count). The van der Waals surface area contributed by atoms with Crippen molar-refractivity contribution in [2.75, 3.05) is 50.9 Å². The summed E-state index contributed by atoms with van der Waals surface area (Å²) in [6.45, 7) is 10.9. The van der Waals surface area contributed by atoms with E-state index in [-0.39, 0.29) is 55.1 Å². The van der Waals surface area contributed by atoms with Gasteiger partial charge in [0.25, 0.3) is 5.56 Å². The fourth-order valence-electron chi connectivity index (χ4n) is 3.72. The van der Waals surface area contributed by atoms with Gasteiger partial charge in [-0.1, -0.05) is 31.2 Å². The molecule has 41 heavy (non-hydrogen) atoms. The maximum Gasteiger partial charge on any atom is 0.419 e. The number of piperazine rings is 1. The van der Waals surface area contributed by atoms with Crippen LogP contribution in [0.25, 0.3) is 0 Å². The van der Waals surface area contributed by atoms with Crippen molar-refractivity contribution in [1.82, 2.24) is 24.6 Å². The van der Waals surface area contributed by atoms with E-state index in [1.165, 1.54) is 6.20 Å². The molecule has 1 fully saturated rings. The molecule has 1 amide bonds. The highest BCUT2D eigenvalue weighted by Crippen LogP contribution is 2.28. The van der Waals surface area contributed by atoms with Gasteiger partial charge in [0.2, 0.25) is 11.9 Å². The Morgan fingerprint density at radius 1 is 1.10 bits per heavy atom. The summed E-state index contributed by atoms with van der Waals surface area (Å²) in [5, 5.41) is 3.96. The Hall–Kier alpha value is -2.75. The summed E-state index contributed by atoms with van der Waals surface area (Å²) in [4.78, 5) is 36.1. The van der Waals surface area contributed by atoms with E-state index in [2.05, 4.69) is 34.7 Å². The number of carbonyl (C=O) groups is 1. The minimum absolute atomic E-state index is 0.00867. The molecule has 1 unspecified atom stereocenters. The van der Waals surface area contributed by atoms with E-state index < -0.39 is 25.4 Å². The van der Waals surface area contributed by atoms with Gasteiger partial charge < -0.3 is 24.0 Å². The van der Waals surface area contributed by atoms with Crippen LogP contribution in [0.1, 0.15) is 18.9 Å². The third-order valence-corrected chi connectivity index (χ3v) is 8.29. The van der Waals surface area contributed by atoms with Crippen LogP contribution in [-0.4, -0.2) is 90.7 Å². The smallest absolute Gasteiger partial charge is 0.419 e. The van der Waals surface area contributed by atoms with Crippen molar-refractivity contribution >= 4 is 31.5 Å². The monoisotopic (exact) mass is 620 g/mol. The summed E-state index contributed by atoms with van der Waals surface area (Å²) in [5.41, 5.74) is -1.42. The summed E-state index contributed by atoms with van der Waals surface area (Å²) < 4.78 is 56.1. The van der Waals surface area contributed by atoms with Crippen molar-refractivity contribution in [2.45, 2.75) is 58.0 Å². The van der Waals surface area contributed by atoms with Crippen LogP contribution in [0, 0.1) is 0 Å². The van der Waals surface area contributed by atoms with E-state index in [1.54, 1.807) is 16.7 Å². The summed E-state index contributed by atoms with van der Waals surface area (Å²) in [6.07, 6.45) is -1.86. The molecule has 0 radical (unpaired) electrons. The van der Waals surface area contributed by atoms with Crippen LogP contribution in [0.2, 0.25) is 30.7 Å². The highest BCUT2D eigenvalue weighted by Gasteiger charge is 2.32. The number of nitrogens with zero attached hydrogens (tertiary/aromatic N) is 6. The Bertz CT molecular complexity index is 1200. The number of halogens is 4. The molecule has 228 valence electrons. The quantitative estimate of drug-likeness (QED) is 0.245. The first-order valence-corrected chi connectivity index (χ1v) is 17.3. The summed E-state index contributed by atoms with van der Waals surface area (Å²) >= 11 is 6.18. The number of aromatic nitrogens is 4. The zero-order valence-electron chi connectivity index (χ0n) is 23.6. The van der Waals surface area contributed by atoms with Crippen molar-refractivity contribution < 1.29 is 32.2 Å². The Morgan fingerprint density at radius 2 is 1.76 bits per heavy atom. The fourth-order valence-corrected chi connectivity index (χ4v) is 4.68. The van der Waals surface area contributed by atoms with Gasteiger partial charge in [-0.25, -0.2) is 14.6 Å². The molecule has 0 saturated carbocycles. The van der Waals surface area contributed by atoms with E-state index in [0.717, 1.165) is 23.1 Å². The van der Waals surface area contributed by atoms with E-state index in [9.17, 15) is 22.8 Å². The van der Waals surface area contributed by atoms with Crippen molar-refractivity contribution in [1.29, 1.82) is 0 Å². The number of alkyl halides is 3. The molecule has 16 heteroatoms. The van der Waals surface area contributed by atoms with Crippen molar-refractivity contribution in [3.63, 3.8) is 0 Å². The SMILES string of the molecule is CC(COc1cnn(COCC[Si](C)(C)C)c(=O)c1Cl)OCCC(=O)N1CCN(c2ncc(C(F)(F)F)cn2)CC1. The van der Waals surface area contributed by atoms with E-state index in [4.69, 9.17) is 25.8 Å². The molecule has 3 heterocycles. The number of hydrogen-bond acceptors (Lipinski definition) is 9. The maximum atomic E-state index is 12.7. The van der Waals surface area contributed by atoms with Gasteiger partial charge in [-0.3, -0.25) is 9.59 Å². The number of amides is 1. The molecule has 0 N–H and O–H groups in total. The number of anilines is 1. The molecule has 0 aliphatic carbocycles. The third kappa shape index (κ3) is 10.2. The first-order chi connectivity index (χ1) is 19.2. The van der Waals surface area contributed by atoms with Crippen molar-refractivity contribution in [3.8, 4) is 5.75 Å². The van der Waals surface area contributed by atoms with Gasteiger partial charge >= 0.3 is 6.18 Å². The fraction of sp³-hybridized carbons (Fsp3) is 0.640. The van der Waals surface area contributed by atoms with Crippen LogP contribution < -0.4 is 15.2 Å². The van der Waals surface area contributed by atoms with Crippen LogP contribution in [0.3, 0.4) is 0 Å². The predicted octanol–water partition coefficient (Wildman–Crippen LogP) is 3.54. The lowest BCUT2D eigenvalue weighted by Gasteiger charge is -2.34. The first-order valence-electron chi connectivity index (χ1n) is 13.2. The van der Waals surface area contributed by atoms with E-state index in [1.807, 2.05) is 0 Å². The van der Waals surface area contributed by atoms with Crippen LogP contribution in [0.4, 0.5) is 19.1 Å². The van der Waals surface area contributed by atoms with Crippen LogP contribution >= 0.6 is 11.6 Å². The Morgan fingerprint density at radius 3 is 2.37 bits per heavy atom. The second kappa shape index (κ2) is 14.4. The Kier molecular flexibility index (Phi) is 11.5. The second-order valence-corrected chi connectivity index (χ2v) is 16.9. The van der Waals surface area contributed by atoms with Crippen LogP contribution in [-0.2, 0) is 27.2 Å². The molecule has 0 aromatic carbocycles. The highest BCUT2D eigenvalue weighted by molar-refractivity contribution is 6.76. The lowest BCUT2D eigenvalue weighted by Crippen LogP contribution is -2.49. The maximum absolute atomic E-state index is 12.7. The Balaban J connectivity index is 1.35. The van der Waals surface area contributed by atoms with Gasteiger partial charge in [-0.05, 0) is 13.0 Å². The molecule has 11 nitrogen and oxygen atoms in total. The minimum atomic E-state index is -4.49. The lowest BCUT2D eigenvalue weighted by molar-refractivity contribution is -0.138. The second-order valence-electron chi connectivity index (χ2n) is 10.9. The largest absolute Gasteiger partial charge is 0.487 e. The lowest BCUT2D eigenvalue weighted by atomic mass is 10.3. The zero-order chi connectivity index (χ0) is 30.2. The Labute approximate surface area is 242 Å². The molecule has 2 aromatic rings. The van der Waals surface area contributed by atoms with Gasteiger partial charge in [-0.15, -0.1) is 0 Å². The normalized spacial score (nSPS) is 15.2. The van der Waals surface area contributed by atoms with Gasteiger partial charge in [0.15, 0.2) is 10.8 Å². The van der Waals surface area contributed by atoms with Crippen LogP contribution in [0.15, 0.2) is 23.4 Å². The number of hydrogen-bond donors (Lipinski definition) is 0. The van der Waals surface area contributed by atoms with E-state index >= 15 is 0 Å². The number of rotatable bonds is 13. The molecule has 1 atom stereocenters. The van der Waals surface area contributed by atoms with Crippen LogP contribution in [0.5, 0.6) is 5.75 Å². The highest BCUT2D eigenvalue weighted by atomic mass is 35.5. The number of ether oxygens (including phenoxy) is 3. The predicted molar refractivity (Wildman–Crippen MR) is 149 cm³/mol. The van der Waals surface area contributed by atoms with Crippen molar-refractivity contribution in [3.05, 3.63) is 39.5 Å². The van der Waals surface area contributed by atoms with E-state index in [0.29, 0.717) is 32.8 Å². The molecule has 2 aromatic heterocycles. The average Bonchev–Trinajstić information content (AvgIpc) is 2.92. The molecular formula is C25H36ClF3N6O5Si. The first kappa shape index (κ1) is 32.8. The molecule has 0 bridgehead atoms. The molecule has 1 saturated heterocycles. The standard InChI is InChI=1S/C25H36ClF3N6O5Si/c1-18(16-40-20-15-32-35(23(37)22(20)26)17-38-11-12-41(2,3)4)39-10-5-21(36)33-6-8-34(9-7-33)24-30-13-19(14-31-24)25(27,28)29/h13-15,18H,5-12,16-17H2,1-4H3. The molecule has 1 aliphatic rings. The van der Waals surface area contributed by atoms with Gasteiger partial charge in [0.05, 0.1) is 30.9 Å². The van der Waals surface area contributed by atoms with Gasteiger partial charge in [0.1, 0.15) is 13.3 Å². The van der Waals surface area contributed by atoms with Gasteiger partial charge in [-0.2, -0.15) is 18.3 Å². The third-order valence-electron chi connectivity index (χ3n) is 6.24. The average molecular weight is 621 g/mol. The minimum Gasteiger partial charge on any atom is -0.487 e. The summed E-state index contributed by atoms with van der Waals surface area (Å²) in [7, 11) is -1.24. The summed E-state index contributed by atoms with van der Waals surface area (Å²) in [6, 6.07) is 0.970. The topological polar surface area (TPSA) is 112 Å². The molecule has 1 aliphatic heterocycles. The molecule has 0 spiro atoms. The molecular weight excluding hydrogens is 585 g/mol. The zero-order valence-corrected chi connectivity index (χ0v) is 25.4. The van der Waals surface area contributed by atoms with Crippen molar-refractivity contribution in [2.24, 2.45) is 0 Å². The number of carbonyl (C=O) groups excluding carboxylic acids is 1. The summed E-state index contributed by atoms with van der Waals surface area (Å²) in [5.74, 6) is 0.228. The van der Waals surface area contributed by atoms with Gasteiger partial charge in [0, 0.05) is 53.3 Å².